The van der Waals surface area contributed by atoms with Crippen molar-refractivity contribution >= 4 is 18.5 Å². The molecular weight excluding hydrogens is 285 g/mol. The van der Waals surface area contributed by atoms with Gasteiger partial charge in [0.25, 0.3) is 5.91 Å². The molecule has 0 atom stereocenters. The summed E-state index contributed by atoms with van der Waals surface area (Å²) in [5, 5.41) is 3.29. The number of hydrogen-bond acceptors (Lipinski definition) is 2. The quantitative estimate of drug-likeness (QED) is 0.799. The molecule has 4 bridgehead atoms. The molecule has 0 unspecified atom stereocenters. The third-order valence-corrected chi connectivity index (χ3v) is 5.97. The summed E-state index contributed by atoms with van der Waals surface area (Å²) in [5.41, 5.74) is 0.508. The van der Waals surface area contributed by atoms with Crippen LogP contribution in [0.1, 0.15) is 48.9 Å². The number of halogens is 1. The Morgan fingerprint density at radius 3 is 2.24 bits per heavy atom. The monoisotopic (exact) mass is 305 g/mol. The van der Waals surface area contributed by atoms with Gasteiger partial charge in [0.1, 0.15) is 5.82 Å². The van der Waals surface area contributed by atoms with Gasteiger partial charge in [-0.15, -0.1) is 12.6 Å². The Balaban J connectivity index is 1.55. The Kier molecular flexibility index (Phi) is 3.07. The number of thiol groups is 1. The molecular formula is C17H20FNOS. The third-order valence-electron chi connectivity index (χ3n) is 5.63. The summed E-state index contributed by atoms with van der Waals surface area (Å²) in [5.74, 6) is 1.93. The first kappa shape index (κ1) is 13.6. The molecule has 0 heterocycles. The van der Waals surface area contributed by atoms with Gasteiger partial charge in [-0.25, -0.2) is 4.39 Å². The lowest BCUT2D eigenvalue weighted by molar-refractivity contribution is -0.0167. The fraction of sp³-hybridized carbons (Fsp3) is 0.588. The lowest BCUT2D eigenvalue weighted by Gasteiger charge is -2.56. The van der Waals surface area contributed by atoms with Gasteiger partial charge in [0.05, 0.1) is 0 Å². The van der Waals surface area contributed by atoms with E-state index in [9.17, 15) is 9.18 Å². The molecule has 112 valence electrons. The van der Waals surface area contributed by atoms with E-state index in [4.69, 9.17) is 0 Å². The van der Waals surface area contributed by atoms with Crippen LogP contribution in [0.5, 0.6) is 0 Å². The van der Waals surface area contributed by atoms with E-state index in [1.807, 2.05) is 0 Å². The first-order valence-corrected chi connectivity index (χ1v) is 8.29. The molecule has 4 heteroatoms. The maximum atomic E-state index is 13.3. The van der Waals surface area contributed by atoms with E-state index >= 15 is 0 Å². The standard InChI is InChI=1S/C17H20FNOS/c18-14-2-1-13(6-15(14)21)16(20)19-17-7-10-3-11(8-17)5-12(4-10)9-17/h1-2,6,10-12,21H,3-5,7-9H2,(H,19,20). The molecule has 21 heavy (non-hydrogen) atoms. The number of carbonyl (C=O) groups is 1. The Morgan fingerprint density at radius 1 is 1.14 bits per heavy atom. The highest BCUT2D eigenvalue weighted by Crippen LogP contribution is 2.55. The summed E-state index contributed by atoms with van der Waals surface area (Å²) >= 11 is 4.06. The molecule has 4 fully saturated rings. The first-order chi connectivity index (χ1) is 10.0. The van der Waals surface area contributed by atoms with E-state index in [0.717, 1.165) is 37.0 Å². The zero-order chi connectivity index (χ0) is 14.6. The summed E-state index contributed by atoms with van der Waals surface area (Å²) in [6, 6.07) is 4.39. The van der Waals surface area contributed by atoms with Crippen LogP contribution in [0.15, 0.2) is 23.1 Å². The summed E-state index contributed by atoms with van der Waals surface area (Å²) in [6.45, 7) is 0. The highest BCUT2D eigenvalue weighted by atomic mass is 32.1. The van der Waals surface area contributed by atoms with Gasteiger partial charge in [0, 0.05) is 16.0 Å². The molecule has 1 amide bonds. The van der Waals surface area contributed by atoms with Crippen LogP contribution >= 0.6 is 12.6 Å². The second-order valence-corrected chi connectivity index (χ2v) is 7.80. The highest BCUT2D eigenvalue weighted by molar-refractivity contribution is 7.80. The third kappa shape index (κ3) is 2.37. The molecule has 1 aromatic carbocycles. The van der Waals surface area contributed by atoms with Gasteiger partial charge in [0.15, 0.2) is 0 Å². The second kappa shape index (κ2) is 4.73. The van der Waals surface area contributed by atoms with Crippen molar-refractivity contribution in [2.45, 2.75) is 49.0 Å². The van der Waals surface area contributed by atoms with Crippen molar-refractivity contribution in [2.24, 2.45) is 17.8 Å². The van der Waals surface area contributed by atoms with Crippen LogP contribution in [-0.2, 0) is 0 Å². The van der Waals surface area contributed by atoms with Crippen LogP contribution in [0.3, 0.4) is 0 Å². The maximum absolute atomic E-state index is 13.3. The number of hydrogen-bond donors (Lipinski definition) is 2. The smallest absolute Gasteiger partial charge is 0.251 e. The van der Waals surface area contributed by atoms with Gasteiger partial charge in [-0.05, 0) is 74.5 Å². The zero-order valence-electron chi connectivity index (χ0n) is 11.9. The molecule has 4 aliphatic carbocycles. The summed E-state index contributed by atoms with van der Waals surface area (Å²) in [7, 11) is 0. The SMILES string of the molecule is O=C(NC12CC3CC(CC(C3)C1)C2)c1ccc(F)c(S)c1. The maximum Gasteiger partial charge on any atom is 0.251 e. The van der Waals surface area contributed by atoms with Crippen molar-refractivity contribution in [1.29, 1.82) is 0 Å². The number of amides is 1. The molecule has 1 aromatic rings. The van der Waals surface area contributed by atoms with E-state index in [1.54, 1.807) is 6.07 Å². The van der Waals surface area contributed by atoms with Crippen molar-refractivity contribution in [1.82, 2.24) is 5.32 Å². The lowest BCUT2D eigenvalue weighted by atomic mass is 9.53. The summed E-state index contributed by atoms with van der Waals surface area (Å²) < 4.78 is 13.3. The molecule has 2 nitrogen and oxygen atoms in total. The molecule has 0 saturated heterocycles. The number of rotatable bonds is 2. The highest BCUT2D eigenvalue weighted by Gasteiger charge is 2.51. The largest absolute Gasteiger partial charge is 0.347 e. The van der Waals surface area contributed by atoms with Crippen LogP contribution in [0.2, 0.25) is 0 Å². The summed E-state index contributed by atoms with van der Waals surface area (Å²) in [6.07, 6.45) is 7.43. The van der Waals surface area contributed by atoms with Gasteiger partial charge < -0.3 is 5.32 Å². The van der Waals surface area contributed by atoms with Crippen molar-refractivity contribution in [3.05, 3.63) is 29.6 Å². The Bertz CT molecular complexity index is 565. The van der Waals surface area contributed by atoms with Crippen LogP contribution < -0.4 is 5.32 Å². The molecule has 0 spiro atoms. The average Bonchev–Trinajstić information content (AvgIpc) is 2.39. The fourth-order valence-corrected chi connectivity index (χ4v) is 5.44. The molecule has 5 rings (SSSR count). The van der Waals surface area contributed by atoms with Gasteiger partial charge in [-0.3, -0.25) is 4.79 Å². The molecule has 1 N–H and O–H groups in total. The normalized spacial score (nSPS) is 36.8. The first-order valence-electron chi connectivity index (χ1n) is 7.84. The zero-order valence-corrected chi connectivity index (χ0v) is 12.8. The minimum Gasteiger partial charge on any atom is -0.347 e. The van der Waals surface area contributed by atoms with Crippen molar-refractivity contribution in [3.63, 3.8) is 0 Å². The van der Waals surface area contributed by atoms with Gasteiger partial charge in [0.2, 0.25) is 0 Å². The minimum atomic E-state index is -0.385. The van der Waals surface area contributed by atoms with E-state index < -0.39 is 0 Å². The molecule has 0 aliphatic heterocycles. The molecule has 0 aromatic heterocycles. The van der Waals surface area contributed by atoms with Crippen molar-refractivity contribution < 1.29 is 9.18 Å². The van der Waals surface area contributed by atoms with Crippen LogP contribution in [-0.4, -0.2) is 11.4 Å². The van der Waals surface area contributed by atoms with E-state index in [1.165, 1.54) is 31.4 Å². The predicted molar refractivity (Wildman–Crippen MR) is 82.0 cm³/mol. The Labute approximate surface area is 129 Å². The van der Waals surface area contributed by atoms with Gasteiger partial charge >= 0.3 is 0 Å². The van der Waals surface area contributed by atoms with Gasteiger partial charge in [-0.1, -0.05) is 0 Å². The van der Waals surface area contributed by atoms with E-state index in [2.05, 4.69) is 17.9 Å². The van der Waals surface area contributed by atoms with Crippen LogP contribution in [0.4, 0.5) is 4.39 Å². The number of benzene rings is 1. The molecule has 4 aliphatic rings. The van der Waals surface area contributed by atoms with E-state index in [0.29, 0.717) is 5.56 Å². The molecule has 0 radical (unpaired) electrons. The van der Waals surface area contributed by atoms with Crippen molar-refractivity contribution in [2.75, 3.05) is 0 Å². The average molecular weight is 305 g/mol. The molecule has 4 saturated carbocycles. The Hall–Kier alpha value is -1.03. The lowest BCUT2D eigenvalue weighted by Crippen LogP contribution is -2.59. The summed E-state index contributed by atoms with van der Waals surface area (Å²) in [4.78, 5) is 12.8. The van der Waals surface area contributed by atoms with Crippen molar-refractivity contribution in [3.8, 4) is 0 Å². The Morgan fingerprint density at radius 2 is 1.71 bits per heavy atom. The van der Waals surface area contributed by atoms with Crippen LogP contribution in [0.25, 0.3) is 0 Å². The van der Waals surface area contributed by atoms with E-state index in [-0.39, 0.29) is 22.2 Å². The second-order valence-electron chi connectivity index (χ2n) is 7.32. The number of carbonyl (C=O) groups excluding carboxylic acids is 1. The minimum absolute atomic E-state index is 0.00299. The van der Waals surface area contributed by atoms with Crippen LogP contribution in [0, 0.1) is 23.6 Å². The predicted octanol–water partition coefficient (Wildman–Crippen LogP) is 3.81. The topological polar surface area (TPSA) is 29.1 Å². The van der Waals surface area contributed by atoms with Gasteiger partial charge in [-0.2, -0.15) is 0 Å². The fourth-order valence-electron chi connectivity index (χ4n) is 5.23. The number of nitrogens with one attached hydrogen (secondary N) is 1.